The second kappa shape index (κ2) is 7.62. The number of halogens is 3. The van der Waals surface area contributed by atoms with Gasteiger partial charge in [-0.25, -0.2) is 4.79 Å². The van der Waals surface area contributed by atoms with Gasteiger partial charge in [-0.05, 0) is 31.5 Å². The number of aryl methyl sites for hydroxylation is 1. The maximum Gasteiger partial charge on any atom is 0.325 e. The van der Waals surface area contributed by atoms with Crippen LogP contribution in [-0.2, 0) is 15.1 Å². The van der Waals surface area contributed by atoms with Crippen LogP contribution in [0.25, 0.3) is 0 Å². The number of nitrogens with zero attached hydrogens (tertiary/aromatic N) is 1. The molecular formula is C19H16Cl3N3O3. The molecule has 2 N–H and O–H groups in total. The van der Waals surface area contributed by atoms with Crippen molar-refractivity contribution in [3.05, 3.63) is 62.6 Å². The molecule has 0 aliphatic carbocycles. The standard InChI is InChI=1S/C19H16Cl3N3O3/c1-10-7-8-13(21)16(15(10)22)23-14(26)9-25-17(27)19(2,24-18(25)28)11-5-3-4-6-12(11)20/h3-8H,9H2,1-2H3,(H,23,26)(H,24,28). The van der Waals surface area contributed by atoms with Gasteiger partial charge in [0.25, 0.3) is 5.91 Å². The lowest BCUT2D eigenvalue weighted by Gasteiger charge is -2.23. The molecule has 2 aromatic rings. The van der Waals surface area contributed by atoms with Crippen LogP contribution in [-0.4, -0.2) is 29.3 Å². The van der Waals surface area contributed by atoms with Crippen molar-refractivity contribution in [2.45, 2.75) is 19.4 Å². The van der Waals surface area contributed by atoms with Crippen LogP contribution in [0.5, 0.6) is 0 Å². The van der Waals surface area contributed by atoms with Gasteiger partial charge in [-0.2, -0.15) is 0 Å². The van der Waals surface area contributed by atoms with Gasteiger partial charge in [0.05, 0.1) is 15.7 Å². The van der Waals surface area contributed by atoms with Crippen molar-refractivity contribution in [1.82, 2.24) is 10.2 Å². The Labute approximate surface area is 176 Å². The molecular weight excluding hydrogens is 425 g/mol. The Balaban J connectivity index is 1.81. The summed E-state index contributed by atoms with van der Waals surface area (Å²) >= 11 is 18.5. The van der Waals surface area contributed by atoms with Crippen molar-refractivity contribution >= 4 is 58.3 Å². The smallest absolute Gasteiger partial charge is 0.322 e. The van der Waals surface area contributed by atoms with Crippen molar-refractivity contribution in [3.8, 4) is 0 Å². The second-order valence-electron chi connectivity index (χ2n) is 6.53. The third-order valence-electron chi connectivity index (χ3n) is 4.54. The first-order chi connectivity index (χ1) is 13.1. The Kier molecular flexibility index (Phi) is 5.57. The summed E-state index contributed by atoms with van der Waals surface area (Å²) in [6.07, 6.45) is 0. The van der Waals surface area contributed by atoms with Crippen LogP contribution in [0.4, 0.5) is 10.5 Å². The van der Waals surface area contributed by atoms with Gasteiger partial charge in [0.1, 0.15) is 12.1 Å². The molecule has 0 radical (unpaired) electrons. The van der Waals surface area contributed by atoms with Crippen LogP contribution in [0.15, 0.2) is 36.4 Å². The molecule has 3 rings (SSSR count). The van der Waals surface area contributed by atoms with Crippen LogP contribution < -0.4 is 10.6 Å². The minimum Gasteiger partial charge on any atom is -0.322 e. The second-order valence-corrected chi connectivity index (χ2v) is 7.72. The number of benzene rings is 2. The van der Waals surface area contributed by atoms with E-state index < -0.39 is 29.9 Å². The van der Waals surface area contributed by atoms with E-state index in [4.69, 9.17) is 34.8 Å². The first-order valence-electron chi connectivity index (χ1n) is 8.28. The number of imide groups is 1. The predicted molar refractivity (Wildman–Crippen MR) is 109 cm³/mol. The summed E-state index contributed by atoms with van der Waals surface area (Å²) in [5.74, 6) is -1.19. The number of urea groups is 1. The van der Waals surface area contributed by atoms with E-state index in [2.05, 4.69) is 10.6 Å². The summed E-state index contributed by atoms with van der Waals surface area (Å²) in [6.45, 7) is 2.81. The number of hydrogen-bond acceptors (Lipinski definition) is 3. The molecule has 1 aliphatic rings. The van der Waals surface area contributed by atoms with Gasteiger partial charge in [-0.3, -0.25) is 14.5 Å². The van der Waals surface area contributed by atoms with Gasteiger partial charge in [0.2, 0.25) is 5.91 Å². The highest BCUT2D eigenvalue weighted by Crippen LogP contribution is 2.34. The van der Waals surface area contributed by atoms with Crippen molar-refractivity contribution in [1.29, 1.82) is 0 Å². The average molecular weight is 441 g/mol. The Hall–Kier alpha value is -2.28. The summed E-state index contributed by atoms with van der Waals surface area (Å²) in [5, 5.41) is 6.05. The Bertz CT molecular complexity index is 996. The van der Waals surface area contributed by atoms with E-state index in [1.165, 1.54) is 0 Å². The number of amides is 4. The fraction of sp³-hybridized carbons (Fsp3) is 0.211. The zero-order valence-corrected chi connectivity index (χ0v) is 17.2. The molecule has 4 amide bonds. The monoisotopic (exact) mass is 439 g/mol. The highest BCUT2D eigenvalue weighted by atomic mass is 35.5. The van der Waals surface area contributed by atoms with E-state index in [0.717, 1.165) is 10.5 Å². The molecule has 1 heterocycles. The molecule has 28 heavy (non-hydrogen) atoms. The predicted octanol–water partition coefficient (Wildman–Crippen LogP) is 4.36. The largest absolute Gasteiger partial charge is 0.325 e. The van der Waals surface area contributed by atoms with Gasteiger partial charge in [0, 0.05) is 10.6 Å². The molecule has 0 spiro atoms. The van der Waals surface area contributed by atoms with Crippen molar-refractivity contribution < 1.29 is 14.4 Å². The average Bonchev–Trinajstić information content (AvgIpc) is 2.86. The minimum absolute atomic E-state index is 0.231. The van der Waals surface area contributed by atoms with Crippen LogP contribution in [0, 0.1) is 6.92 Å². The first kappa shape index (κ1) is 20.5. The molecule has 1 saturated heterocycles. The summed E-state index contributed by atoms with van der Waals surface area (Å²) in [5.41, 5.74) is 0.0357. The highest BCUT2D eigenvalue weighted by molar-refractivity contribution is 6.40. The van der Waals surface area contributed by atoms with E-state index in [9.17, 15) is 14.4 Å². The van der Waals surface area contributed by atoms with Crippen LogP contribution >= 0.6 is 34.8 Å². The lowest BCUT2D eigenvalue weighted by Crippen LogP contribution is -2.42. The molecule has 146 valence electrons. The summed E-state index contributed by atoms with van der Waals surface area (Å²) < 4.78 is 0. The maximum absolute atomic E-state index is 12.9. The van der Waals surface area contributed by atoms with Crippen molar-refractivity contribution in [2.75, 3.05) is 11.9 Å². The molecule has 1 unspecified atom stereocenters. The lowest BCUT2D eigenvalue weighted by atomic mass is 9.92. The number of rotatable bonds is 4. The molecule has 1 aliphatic heterocycles. The normalized spacial score (nSPS) is 19.0. The third-order valence-corrected chi connectivity index (χ3v) is 5.67. The zero-order valence-electron chi connectivity index (χ0n) is 15.0. The van der Waals surface area contributed by atoms with E-state index in [1.54, 1.807) is 50.2 Å². The summed E-state index contributed by atoms with van der Waals surface area (Å²) in [6, 6.07) is 9.33. The number of hydrogen-bond donors (Lipinski definition) is 2. The topological polar surface area (TPSA) is 78.5 Å². The van der Waals surface area contributed by atoms with E-state index in [1.807, 2.05) is 0 Å². The number of carbonyl (C=O) groups is 3. The zero-order chi connectivity index (χ0) is 20.6. The SMILES string of the molecule is Cc1ccc(Cl)c(NC(=O)CN2C(=O)NC(C)(c3ccccc3Cl)C2=O)c1Cl. The molecule has 6 nitrogen and oxygen atoms in total. The Morgan fingerprint density at radius 3 is 2.46 bits per heavy atom. The highest BCUT2D eigenvalue weighted by Gasteiger charge is 2.50. The van der Waals surface area contributed by atoms with Gasteiger partial charge in [0.15, 0.2) is 0 Å². The molecule has 1 atom stereocenters. The molecule has 2 aromatic carbocycles. The van der Waals surface area contributed by atoms with E-state index >= 15 is 0 Å². The number of nitrogens with one attached hydrogen (secondary N) is 2. The fourth-order valence-corrected chi connectivity index (χ4v) is 3.77. The fourth-order valence-electron chi connectivity index (χ4n) is 2.98. The first-order valence-corrected chi connectivity index (χ1v) is 9.42. The molecule has 1 fully saturated rings. The van der Waals surface area contributed by atoms with Gasteiger partial charge < -0.3 is 10.6 Å². The van der Waals surface area contributed by atoms with Crippen molar-refractivity contribution in [3.63, 3.8) is 0 Å². The number of anilines is 1. The minimum atomic E-state index is -1.37. The van der Waals surface area contributed by atoms with Gasteiger partial charge in [-0.15, -0.1) is 0 Å². The Morgan fingerprint density at radius 2 is 1.79 bits per heavy atom. The quantitative estimate of drug-likeness (QED) is 0.693. The van der Waals surface area contributed by atoms with Gasteiger partial charge in [-0.1, -0.05) is 59.1 Å². The molecule has 0 bridgehead atoms. The number of carbonyl (C=O) groups excluding carboxylic acids is 3. The molecule has 0 saturated carbocycles. The van der Waals surface area contributed by atoms with Gasteiger partial charge >= 0.3 is 6.03 Å². The maximum atomic E-state index is 12.9. The lowest BCUT2D eigenvalue weighted by molar-refractivity contribution is -0.133. The third kappa shape index (κ3) is 3.55. The summed E-state index contributed by atoms with van der Waals surface area (Å²) in [7, 11) is 0. The van der Waals surface area contributed by atoms with Crippen molar-refractivity contribution in [2.24, 2.45) is 0 Å². The molecule has 9 heteroatoms. The van der Waals surface area contributed by atoms with Crippen LogP contribution in [0.1, 0.15) is 18.1 Å². The molecule has 0 aromatic heterocycles. The summed E-state index contributed by atoms with van der Waals surface area (Å²) in [4.78, 5) is 38.6. The van der Waals surface area contributed by atoms with Crippen LogP contribution in [0.2, 0.25) is 15.1 Å². The van der Waals surface area contributed by atoms with Crippen LogP contribution in [0.3, 0.4) is 0 Å². The van der Waals surface area contributed by atoms with E-state index in [0.29, 0.717) is 15.6 Å². The Morgan fingerprint density at radius 1 is 1.11 bits per heavy atom. The van der Waals surface area contributed by atoms with E-state index in [-0.39, 0.29) is 10.7 Å².